The predicted octanol–water partition coefficient (Wildman–Crippen LogP) is 2.37. The Kier molecular flexibility index (Phi) is 2.50. The minimum Gasteiger partial charge on any atom is -0.316 e. The highest BCUT2D eigenvalue weighted by Crippen LogP contribution is 2.34. The van der Waals surface area contributed by atoms with Crippen molar-refractivity contribution in [3.8, 4) is 0 Å². The van der Waals surface area contributed by atoms with Crippen molar-refractivity contribution in [1.82, 2.24) is 5.32 Å². The van der Waals surface area contributed by atoms with Gasteiger partial charge < -0.3 is 5.32 Å². The van der Waals surface area contributed by atoms with Crippen molar-refractivity contribution in [2.75, 3.05) is 13.1 Å². The van der Waals surface area contributed by atoms with Gasteiger partial charge in [-0.05, 0) is 43.6 Å². The molecule has 76 valence electrons. The third-order valence-electron chi connectivity index (χ3n) is 2.76. The average Bonchev–Trinajstić information content (AvgIpc) is 2.19. The van der Waals surface area contributed by atoms with E-state index in [1.165, 1.54) is 12.1 Å². The number of halogens is 2. The van der Waals surface area contributed by atoms with Gasteiger partial charge in [-0.25, -0.2) is 8.78 Å². The van der Waals surface area contributed by atoms with Gasteiger partial charge in [0.05, 0.1) is 0 Å². The van der Waals surface area contributed by atoms with Crippen LogP contribution in [0.15, 0.2) is 24.3 Å². The van der Waals surface area contributed by atoms with Crippen molar-refractivity contribution in [1.29, 1.82) is 0 Å². The normalized spacial score (nSPS) is 20.7. The lowest BCUT2D eigenvalue weighted by molar-refractivity contribution is 0.115. The van der Waals surface area contributed by atoms with E-state index in [0.29, 0.717) is 31.5 Å². The lowest BCUT2D eigenvalue weighted by atomic mass is 9.87. The second kappa shape index (κ2) is 3.65. The van der Waals surface area contributed by atoms with E-state index in [2.05, 4.69) is 5.32 Å². The van der Waals surface area contributed by atoms with E-state index in [0.717, 1.165) is 0 Å². The molecule has 1 aliphatic rings. The molecule has 1 heterocycles. The fraction of sp³-hybridized carbons (Fsp3) is 0.455. The first-order chi connectivity index (χ1) is 6.71. The summed E-state index contributed by atoms with van der Waals surface area (Å²) in [6.07, 6.45) is 0.942. The molecule has 1 aliphatic heterocycles. The molecule has 0 spiro atoms. The van der Waals surface area contributed by atoms with Crippen molar-refractivity contribution >= 4 is 0 Å². The van der Waals surface area contributed by atoms with Crippen molar-refractivity contribution in [2.45, 2.75) is 18.5 Å². The van der Waals surface area contributed by atoms with Gasteiger partial charge in [0.25, 0.3) is 0 Å². The van der Waals surface area contributed by atoms with Crippen LogP contribution in [0.2, 0.25) is 0 Å². The van der Waals surface area contributed by atoms with Gasteiger partial charge in [0.15, 0.2) is 0 Å². The fourth-order valence-corrected chi connectivity index (χ4v) is 1.86. The third kappa shape index (κ3) is 1.77. The van der Waals surface area contributed by atoms with Crippen molar-refractivity contribution in [2.24, 2.45) is 0 Å². The van der Waals surface area contributed by atoms with Gasteiger partial charge in [-0.2, -0.15) is 0 Å². The zero-order chi connectivity index (χ0) is 10.0. The highest BCUT2D eigenvalue weighted by atomic mass is 19.1. The molecule has 0 aromatic heterocycles. The van der Waals surface area contributed by atoms with Crippen molar-refractivity contribution < 1.29 is 8.78 Å². The molecule has 0 radical (unpaired) electrons. The van der Waals surface area contributed by atoms with Crippen LogP contribution in [0, 0.1) is 5.82 Å². The Morgan fingerprint density at radius 2 is 1.64 bits per heavy atom. The predicted molar refractivity (Wildman–Crippen MR) is 51.3 cm³/mol. The maximum absolute atomic E-state index is 14.3. The van der Waals surface area contributed by atoms with E-state index in [1.54, 1.807) is 12.1 Å². The minimum absolute atomic E-state index is 0.314. The van der Waals surface area contributed by atoms with Gasteiger partial charge >= 0.3 is 0 Å². The number of alkyl halides is 1. The Labute approximate surface area is 82.1 Å². The Balaban J connectivity index is 2.23. The quantitative estimate of drug-likeness (QED) is 0.728. The molecule has 1 saturated heterocycles. The summed E-state index contributed by atoms with van der Waals surface area (Å²) in [5.41, 5.74) is -0.667. The maximum Gasteiger partial charge on any atom is 0.138 e. The Bertz CT molecular complexity index is 302. The number of nitrogens with one attached hydrogen (secondary N) is 1. The van der Waals surface area contributed by atoms with Crippen LogP contribution in [0.5, 0.6) is 0 Å². The fourth-order valence-electron chi connectivity index (χ4n) is 1.86. The SMILES string of the molecule is Fc1ccc(C2(F)CCNCC2)cc1. The number of benzene rings is 1. The summed E-state index contributed by atoms with van der Waals surface area (Å²) in [7, 11) is 0. The number of hydrogen-bond donors (Lipinski definition) is 1. The topological polar surface area (TPSA) is 12.0 Å². The first kappa shape index (κ1) is 9.59. The molecule has 1 fully saturated rings. The zero-order valence-corrected chi connectivity index (χ0v) is 7.89. The van der Waals surface area contributed by atoms with Crippen LogP contribution in [0.25, 0.3) is 0 Å². The molecule has 0 amide bonds. The standard InChI is InChI=1S/C11H13F2N/c12-10-3-1-9(2-4-10)11(13)5-7-14-8-6-11/h1-4,14H,5-8H2. The van der Waals surface area contributed by atoms with Gasteiger partial charge in [0, 0.05) is 0 Å². The second-order valence-electron chi connectivity index (χ2n) is 3.72. The van der Waals surface area contributed by atoms with Crippen LogP contribution in [0.3, 0.4) is 0 Å². The summed E-state index contributed by atoms with van der Waals surface area (Å²) in [5.74, 6) is -0.314. The lowest BCUT2D eigenvalue weighted by Crippen LogP contribution is -2.36. The molecule has 1 aromatic rings. The van der Waals surface area contributed by atoms with E-state index in [1.807, 2.05) is 0 Å². The molecule has 0 saturated carbocycles. The summed E-state index contributed by atoms with van der Waals surface area (Å²) in [6.45, 7) is 1.38. The summed E-state index contributed by atoms with van der Waals surface area (Å²) >= 11 is 0. The summed E-state index contributed by atoms with van der Waals surface area (Å²) in [6, 6.07) is 5.72. The van der Waals surface area contributed by atoms with Crippen LogP contribution >= 0.6 is 0 Å². The molecule has 0 atom stereocenters. The summed E-state index contributed by atoms with van der Waals surface area (Å²) in [5, 5.41) is 3.11. The Hall–Kier alpha value is -0.960. The molecule has 0 aliphatic carbocycles. The van der Waals surface area contributed by atoms with Crippen LogP contribution in [-0.4, -0.2) is 13.1 Å². The molecule has 14 heavy (non-hydrogen) atoms. The zero-order valence-electron chi connectivity index (χ0n) is 7.89. The van der Waals surface area contributed by atoms with Gasteiger partial charge in [0.1, 0.15) is 11.5 Å². The molecule has 1 aromatic carbocycles. The van der Waals surface area contributed by atoms with E-state index in [-0.39, 0.29) is 5.82 Å². The van der Waals surface area contributed by atoms with Gasteiger partial charge in [-0.1, -0.05) is 12.1 Å². The highest BCUT2D eigenvalue weighted by Gasteiger charge is 2.33. The van der Waals surface area contributed by atoms with Crippen molar-refractivity contribution in [3.05, 3.63) is 35.6 Å². The number of hydrogen-bond acceptors (Lipinski definition) is 1. The lowest BCUT2D eigenvalue weighted by Gasteiger charge is -2.30. The Morgan fingerprint density at radius 1 is 1.07 bits per heavy atom. The van der Waals surface area contributed by atoms with E-state index < -0.39 is 5.67 Å². The molecule has 2 rings (SSSR count). The van der Waals surface area contributed by atoms with Gasteiger partial charge in [-0.15, -0.1) is 0 Å². The van der Waals surface area contributed by atoms with E-state index >= 15 is 0 Å². The molecule has 0 bridgehead atoms. The van der Waals surface area contributed by atoms with Crippen molar-refractivity contribution in [3.63, 3.8) is 0 Å². The number of rotatable bonds is 1. The monoisotopic (exact) mass is 197 g/mol. The smallest absolute Gasteiger partial charge is 0.138 e. The highest BCUT2D eigenvalue weighted by molar-refractivity contribution is 5.23. The Morgan fingerprint density at radius 3 is 2.21 bits per heavy atom. The molecule has 0 unspecified atom stereocenters. The first-order valence-electron chi connectivity index (χ1n) is 4.86. The molecular weight excluding hydrogens is 184 g/mol. The molecule has 3 heteroatoms. The third-order valence-corrected chi connectivity index (χ3v) is 2.76. The van der Waals surface area contributed by atoms with Gasteiger partial charge in [0.2, 0.25) is 0 Å². The number of piperidine rings is 1. The molecule has 1 N–H and O–H groups in total. The summed E-state index contributed by atoms with van der Waals surface area (Å²) < 4.78 is 26.9. The van der Waals surface area contributed by atoms with E-state index in [4.69, 9.17) is 0 Å². The van der Waals surface area contributed by atoms with Gasteiger partial charge in [-0.3, -0.25) is 0 Å². The first-order valence-corrected chi connectivity index (χ1v) is 4.86. The largest absolute Gasteiger partial charge is 0.316 e. The van der Waals surface area contributed by atoms with Crippen LogP contribution in [-0.2, 0) is 5.67 Å². The van der Waals surface area contributed by atoms with Crippen LogP contribution < -0.4 is 5.32 Å². The van der Waals surface area contributed by atoms with Crippen LogP contribution in [0.1, 0.15) is 18.4 Å². The molecule has 1 nitrogen and oxygen atoms in total. The van der Waals surface area contributed by atoms with Crippen LogP contribution in [0.4, 0.5) is 8.78 Å². The molecular formula is C11H13F2N. The second-order valence-corrected chi connectivity index (χ2v) is 3.72. The van der Waals surface area contributed by atoms with E-state index in [9.17, 15) is 8.78 Å². The minimum atomic E-state index is -1.26. The average molecular weight is 197 g/mol. The maximum atomic E-state index is 14.3. The summed E-state index contributed by atoms with van der Waals surface area (Å²) in [4.78, 5) is 0.